The van der Waals surface area contributed by atoms with Crippen LogP contribution in [-0.4, -0.2) is 40.8 Å². The maximum Gasteiger partial charge on any atom is 0.340 e. The highest BCUT2D eigenvalue weighted by molar-refractivity contribution is 8.01. The summed E-state index contributed by atoms with van der Waals surface area (Å²) in [4.78, 5) is 14.4. The van der Waals surface area contributed by atoms with Gasteiger partial charge in [-0.15, -0.1) is 11.8 Å². The summed E-state index contributed by atoms with van der Waals surface area (Å²) >= 11 is 1.77. The van der Waals surface area contributed by atoms with Gasteiger partial charge in [0.25, 0.3) is 0 Å². The molecule has 0 unspecified atom stereocenters. The van der Waals surface area contributed by atoms with Crippen LogP contribution in [-0.2, 0) is 20.7 Å². The van der Waals surface area contributed by atoms with Crippen molar-refractivity contribution in [1.29, 1.82) is 0 Å². The SMILES string of the molecule is C[C@@H]1OC(=O)C2=C1N1CCc3ccccc3[C@@H]1C[C@@]21OCCS1. The minimum atomic E-state index is -0.511. The van der Waals surface area contributed by atoms with Gasteiger partial charge < -0.3 is 14.4 Å². The fraction of sp³-hybridized carbons (Fsp3) is 0.500. The zero-order valence-electron chi connectivity index (χ0n) is 13.1. The Morgan fingerprint density at radius 2 is 2.22 bits per heavy atom. The van der Waals surface area contributed by atoms with Crippen LogP contribution in [0.2, 0.25) is 0 Å². The molecule has 0 radical (unpaired) electrons. The number of thioether (sulfide) groups is 1. The van der Waals surface area contributed by atoms with Crippen LogP contribution in [0.15, 0.2) is 35.5 Å². The first-order chi connectivity index (χ1) is 11.2. The van der Waals surface area contributed by atoms with E-state index in [0.29, 0.717) is 6.61 Å². The maximum atomic E-state index is 12.5. The molecule has 5 heteroatoms. The second kappa shape index (κ2) is 4.77. The lowest BCUT2D eigenvalue weighted by molar-refractivity contribution is -0.140. The number of hydrogen-bond donors (Lipinski definition) is 0. The van der Waals surface area contributed by atoms with Gasteiger partial charge in [0, 0.05) is 18.7 Å². The van der Waals surface area contributed by atoms with Gasteiger partial charge in [0.05, 0.1) is 18.3 Å². The summed E-state index contributed by atoms with van der Waals surface area (Å²) in [6.07, 6.45) is 1.67. The molecule has 4 nitrogen and oxygen atoms in total. The van der Waals surface area contributed by atoms with Crippen LogP contribution in [0, 0.1) is 0 Å². The number of cyclic esters (lactones) is 1. The van der Waals surface area contributed by atoms with Gasteiger partial charge in [-0.3, -0.25) is 0 Å². The summed E-state index contributed by atoms with van der Waals surface area (Å²) in [5.41, 5.74) is 4.65. The lowest BCUT2D eigenvalue weighted by Crippen LogP contribution is -2.47. The monoisotopic (exact) mass is 329 g/mol. The van der Waals surface area contributed by atoms with Crippen molar-refractivity contribution in [2.45, 2.75) is 36.8 Å². The first-order valence-corrected chi connectivity index (χ1v) is 9.26. The highest BCUT2D eigenvalue weighted by Gasteiger charge is 2.57. The molecule has 1 fully saturated rings. The van der Waals surface area contributed by atoms with E-state index in [1.54, 1.807) is 11.8 Å². The standard InChI is InChI=1S/C18H19NO3S/c1-11-16-15(17(20)22-11)18(21-8-9-23-18)10-14-13-5-3-2-4-12(13)6-7-19(14)16/h2-5,11,14H,6-10H2,1H3/t11-,14-,18-/m0/s1. The van der Waals surface area contributed by atoms with E-state index in [1.807, 2.05) is 6.92 Å². The van der Waals surface area contributed by atoms with Gasteiger partial charge in [0.2, 0.25) is 0 Å². The van der Waals surface area contributed by atoms with Crippen LogP contribution < -0.4 is 0 Å². The third-order valence-electron chi connectivity index (χ3n) is 5.45. The molecule has 0 saturated carbocycles. The van der Waals surface area contributed by atoms with E-state index in [0.717, 1.165) is 36.4 Å². The number of fused-ring (bicyclic) bond motifs is 5. The Morgan fingerprint density at radius 3 is 3.04 bits per heavy atom. The largest absolute Gasteiger partial charge is 0.453 e. The second-order valence-electron chi connectivity index (χ2n) is 6.62. The average molecular weight is 329 g/mol. The number of carbonyl (C=O) groups excluding carboxylic acids is 1. The average Bonchev–Trinajstić information content (AvgIpc) is 3.13. The van der Waals surface area contributed by atoms with Gasteiger partial charge in [-0.25, -0.2) is 4.79 Å². The van der Waals surface area contributed by atoms with Crippen molar-refractivity contribution < 1.29 is 14.3 Å². The zero-order chi connectivity index (χ0) is 15.6. The van der Waals surface area contributed by atoms with Crippen molar-refractivity contribution in [2.75, 3.05) is 18.9 Å². The molecule has 3 atom stereocenters. The van der Waals surface area contributed by atoms with Gasteiger partial charge in [0.1, 0.15) is 11.7 Å². The number of benzene rings is 1. The Bertz CT molecular complexity index is 723. The number of nitrogens with zero attached hydrogens (tertiary/aromatic N) is 1. The van der Waals surface area contributed by atoms with Crippen LogP contribution >= 0.6 is 11.8 Å². The van der Waals surface area contributed by atoms with E-state index in [-0.39, 0.29) is 18.1 Å². The predicted molar refractivity (Wildman–Crippen MR) is 87.9 cm³/mol. The Balaban J connectivity index is 1.70. The number of hydrogen-bond acceptors (Lipinski definition) is 5. The molecule has 120 valence electrons. The first kappa shape index (κ1) is 13.9. The summed E-state index contributed by atoms with van der Waals surface area (Å²) in [7, 11) is 0. The molecule has 1 aromatic rings. The summed E-state index contributed by atoms with van der Waals surface area (Å²) in [5.74, 6) is 0.756. The molecule has 0 bridgehead atoms. The molecule has 23 heavy (non-hydrogen) atoms. The summed E-state index contributed by atoms with van der Waals surface area (Å²) in [6.45, 7) is 3.64. The third kappa shape index (κ3) is 1.81. The van der Waals surface area contributed by atoms with Crippen LogP contribution in [0.4, 0.5) is 0 Å². The van der Waals surface area contributed by atoms with Crippen molar-refractivity contribution in [3.05, 3.63) is 46.7 Å². The van der Waals surface area contributed by atoms with Crippen LogP contribution in [0.1, 0.15) is 30.5 Å². The molecule has 1 spiro atoms. The Morgan fingerprint density at radius 1 is 1.35 bits per heavy atom. The molecule has 0 N–H and O–H groups in total. The quantitative estimate of drug-likeness (QED) is 0.684. The van der Waals surface area contributed by atoms with Crippen molar-refractivity contribution in [3.8, 4) is 0 Å². The van der Waals surface area contributed by atoms with Crippen LogP contribution in [0.3, 0.4) is 0 Å². The number of esters is 1. The Kier molecular flexibility index (Phi) is 2.89. The molecule has 4 heterocycles. The number of carbonyl (C=O) groups is 1. The zero-order valence-corrected chi connectivity index (χ0v) is 13.9. The van der Waals surface area contributed by atoms with Gasteiger partial charge in [-0.1, -0.05) is 24.3 Å². The second-order valence-corrected chi connectivity index (χ2v) is 7.98. The van der Waals surface area contributed by atoms with Crippen molar-refractivity contribution in [1.82, 2.24) is 4.90 Å². The lowest BCUT2D eigenvalue weighted by Gasteiger charge is -2.48. The van der Waals surface area contributed by atoms with Crippen molar-refractivity contribution in [3.63, 3.8) is 0 Å². The van der Waals surface area contributed by atoms with E-state index in [4.69, 9.17) is 9.47 Å². The summed E-state index contributed by atoms with van der Waals surface area (Å²) < 4.78 is 11.7. The van der Waals surface area contributed by atoms with Crippen LogP contribution in [0.5, 0.6) is 0 Å². The van der Waals surface area contributed by atoms with Crippen molar-refractivity contribution in [2.24, 2.45) is 0 Å². The normalized spacial score (nSPS) is 35.2. The molecule has 0 aromatic heterocycles. The highest BCUT2D eigenvalue weighted by Crippen LogP contribution is 2.56. The predicted octanol–water partition coefficient (Wildman–Crippen LogP) is 2.65. The molecule has 0 aliphatic carbocycles. The fourth-order valence-corrected chi connectivity index (χ4v) is 5.82. The van der Waals surface area contributed by atoms with Gasteiger partial charge in [0.15, 0.2) is 4.93 Å². The molecular formula is C18H19NO3S. The minimum absolute atomic E-state index is 0.174. The molecule has 1 aromatic carbocycles. The molecule has 4 aliphatic rings. The number of ether oxygens (including phenoxy) is 2. The molecular weight excluding hydrogens is 310 g/mol. The van der Waals surface area contributed by atoms with E-state index >= 15 is 0 Å². The number of rotatable bonds is 0. The molecule has 5 rings (SSSR count). The van der Waals surface area contributed by atoms with Crippen molar-refractivity contribution >= 4 is 17.7 Å². The summed E-state index contributed by atoms with van der Waals surface area (Å²) in [5, 5.41) is 0. The molecule has 1 saturated heterocycles. The lowest BCUT2D eigenvalue weighted by atomic mass is 9.83. The first-order valence-electron chi connectivity index (χ1n) is 8.27. The fourth-order valence-electron chi connectivity index (χ4n) is 4.54. The Labute approximate surface area is 139 Å². The highest BCUT2D eigenvalue weighted by atomic mass is 32.2. The van der Waals surface area contributed by atoms with E-state index in [1.165, 1.54) is 11.1 Å². The van der Waals surface area contributed by atoms with Gasteiger partial charge in [-0.2, -0.15) is 0 Å². The minimum Gasteiger partial charge on any atom is -0.453 e. The Hall–Kier alpha value is -1.46. The van der Waals surface area contributed by atoms with Crippen LogP contribution in [0.25, 0.3) is 0 Å². The topological polar surface area (TPSA) is 38.8 Å². The molecule has 0 amide bonds. The van der Waals surface area contributed by atoms with E-state index in [9.17, 15) is 4.79 Å². The maximum absolute atomic E-state index is 12.5. The summed E-state index contributed by atoms with van der Waals surface area (Å²) in [6, 6.07) is 8.96. The van der Waals surface area contributed by atoms with E-state index in [2.05, 4.69) is 29.2 Å². The van der Waals surface area contributed by atoms with E-state index < -0.39 is 4.93 Å². The van der Waals surface area contributed by atoms with Gasteiger partial charge in [-0.05, 0) is 24.5 Å². The smallest absolute Gasteiger partial charge is 0.340 e. The third-order valence-corrected chi connectivity index (χ3v) is 6.77. The molecule has 4 aliphatic heterocycles. The van der Waals surface area contributed by atoms with Gasteiger partial charge >= 0.3 is 5.97 Å².